The highest BCUT2D eigenvalue weighted by molar-refractivity contribution is 7.88. The smallest absolute Gasteiger partial charge is 0.253 e. The number of benzene rings is 2. The Hall–Kier alpha value is -2.73. The average Bonchev–Trinajstić information content (AvgIpc) is 2.67. The maximum atomic E-state index is 12.0. The van der Waals surface area contributed by atoms with Crippen molar-refractivity contribution < 1.29 is 18.3 Å². The number of amides is 1. The van der Waals surface area contributed by atoms with Gasteiger partial charge in [-0.25, -0.2) is 8.42 Å². The average molecular weight is 413 g/mol. The van der Waals surface area contributed by atoms with Gasteiger partial charge in [-0.1, -0.05) is 36.4 Å². The molecule has 0 radical (unpaired) electrons. The number of hydrogen-bond acceptors (Lipinski definition) is 5. The van der Waals surface area contributed by atoms with E-state index in [1.165, 1.54) is 4.90 Å². The Kier molecular flexibility index (Phi) is 5.75. The van der Waals surface area contributed by atoms with Gasteiger partial charge in [-0.05, 0) is 28.8 Å². The van der Waals surface area contributed by atoms with E-state index in [4.69, 9.17) is 0 Å². The lowest BCUT2D eigenvalue weighted by Crippen LogP contribution is -2.64. The molecule has 1 fully saturated rings. The zero-order chi connectivity index (χ0) is 21.3. The molecule has 8 heteroatoms. The van der Waals surface area contributed by atoms with Gasteiger partial charge in [0.1, 0.15) is 6.04 Å². The second-order valence-corrected chi connectivity index (χ2v) is 9.23. The van der Waals surface area contributed by atoms with Crippen LogP contribution in [0.4, 0.5) is 0 Å². The van der Waals surface area contributed by atoms with Gasteiger partial charge in [0.25, 0.3) is 5.91 Å². The molecule has 1 heterocycles. The van der Waals surface area contributed by atoms with Gasteiger partial charge in [0.2, 0.25) is 10.0 Å². The van der Waals surface area contributed by atoms with E-state index >= 15 is 0 Å². The minimum Gasteiger partial charge on any atom is -0.395 e. The molecule has 2 aromatic carbocycles. The van der Waals surface area contributed by atoms with Crippen LogP contribution < -0.4 is 0 Å². The highest BCUT2D eigenvalue weighted by Crippen LogP contribution is 2.42. The van der Waals surface area contributed by atoms with Crippen molar-refractivity contribution in [3.63, 3.8) is 0 Å². The Morgan fingerprint density at radius 3 is 2.03 bits per heavy atom. The molecule has 29 heavy (non-hydrogen) atoms. The number of carbonyl (C=O) groups excluding carboxylic acids is 1. The minimum atomic E-state index is -3.58. The van der Waals surface area contributed by atoms with Crippen LogP contribution in [0.1, 0.15) is 21.8 Å². The summed E-state index contributed by atoms with van der Waals surface area (Å²) in [5.41, 5.74) is 3.28. The molecule has 2 aromatic rings. The van der Waals surface area contributed by atoms with Crippen LogP contribution in [-0.4, -0.2) is 67.7 Å². The third-order valence-electron chi connectivity index (χ3n) is 5.22. The Balaban J connectivity index is 1.84. The van der Waals surface area contributed by atoms with E-state index < -0.39 is 22.1 Å². The monoisotopic (exact) mass is 413 g/mol. The molecule has 1 saturated heterocycles. The van der Waals surface area contributed by atoms with Crippen LogP contribution in [-0.2, 0) is 10.0 Å². The van der Waals surface area contributed by atoms with E-state index in [0.29, 0.717) is 5.56 Å². The summed E-state index contributed by atoms with van der Waals surface area (Å²) in [6.07, 6.45) is 1.05. The zero-order valence-corrected chi connectivity index (χ0v) is 17.3. The lowest BCUT2D eigenvalue weighted by Gasteiger charge is -2.49. The highest BCUT2D eigenvalue weighted by Gasteiger charge is 2.53. The fourth-order valence-electron chi connectivity index (χ4n) is 3.78. The van der Waals surface area contributed by atoms with Crippen molar-refractivity contribution in [1.29, 1.82) is 5.26 Å². The first-order valence-corrected chi connectivity index (χ1v) is 10.9. The number of carbonyl (C=O) groups is 1. The van der Waals surface area contributed by atoms with E-state index in [2.05, 4.69) is 0 Å². The van der Waals surface area contributed by atoms with Gasteiger partial charge < -0.3 is 10.0 Å². The van der Waals surface area contributed by atoms with Crippen LogP contribution in [0, 0.1) is 11.3 Å². The maximum absolute atomic E-state index is 12.0. The van der Waals surface area contributed by atoms with Gasteiger partial charge in [-0.3, -0.25) is 4.79 Å². The molecule has 1 aliphatic heterocycles. The Morgan fingerprint density at radius 2 is 1.62 bits per heavy atom. The molecule has 0 unspecified atom stereocenters. The first-order chi connectivity index (χ1) is 13.7. The molecule has 152 valence electrons. The molecule has 1 N–H and O–H groups in total. The third kappa shape index (κ3) is 3.90. The van der Waals surface area contributed by atoms with Crippen LogP contribution in [0.25, 0.3) is 11.1 Å². The summed E-state index contributed by atoms with van der Waals surface area (Å²) in [4.78, 5) is 13.5. The SMILES string of the molecule is CN(C)C(=O)c1ccc(-c2ccc([C@H]3[C@H](C#N)N(S(C)(=O)=O)[C@H]3CO)cc2)cc1. The third-order valence-corrected chi connectivity index (χ3v) is 6.49. The Labute approximate surface area is 170 Å². The minimum absolute atomic E-state index is 0.0649. The van der Waals surface area contributed by atoms with Gasteiger partial charge in [0, 0.05) is 25.6 Å². The topological polar surface area (TPSA) is 102 Å². The van der Waals surface area contributed by atoms with Gasteiger partial charge in [0.15, 0.2) is 0 Å². The van der Waals surface area contributed by atoms with Gasteiger partial charge in [0.05, 0.1) is 25.0 Å². The number of hydrogen-bond donors (Lipinski definition) is 1. The summed E-state index contributed by atoms with van der Waals surface area (Å²) in [5.74, 6) is -0.446. The molecule has 3 atom stereocenters. The van der Waals surface area contributed by atoms with Crippen molar-refractivity contribution in [2.75, 3.05) is 27.0 Å². The lowest BCUT2D eigenvalue weighted by atomic mass is 9.78. The molecular weight excluding hydrogens is 390 g/mol. The van der Waals surface area contributed by atoms with Gasteiger partial charge in [-0.15, -0.1) is 0 Å². The van der Waals surface area contributed by atoms with Gasteiger partial charge in [-0.2, -0.15) is 9.57 Å². The number of nitrogens with zero attached hydrogens (tertiary/aromatic N) is 3. The van der Waals surface area contributed by atoms with Crippen LogP contribution in [0.5, 0.6) is 0 Å². The van der Waals surface area contributed by atoms with E-state index in [1.807, 2.05) is 42.5 Å². The number of nitriles is 1. The Morgan fingerprint density at radius 1 is 1.10 bits per heavy atom. The summed E-state index contributed by atoms with van der Waals surface area (Å²) in [7, 11) is -0.172. The number of aliphatic hydroxyl groups excluding tert-OH is 1. The van der Waals surface area contributed by atoms with E-state index in [-0.39, 0.29) is 18.4 Å². The van der Waals surface area contributed by atoms with Crippen molar-refractivity contribution in [2.24, 2.45) is 0 Å². The largest absolute Gasteiger partial charge is 0.395 e. The second kappa shape index (κ2) is 7.95. The van der Waals surface area contributed by atoms with Crippen molar-refractivity contribution in [1.82, 2.24) is 9.21 Å². The van der Waals surface area contributed by atoms with Crippen LogP contribution in [0.3, 0.4) is 0 Å². The normalized spacial score (nSPS) is 21.8. The molecule has 0 saturated carbocycles. The molecule has 7 nitrogen and oxygen atoms in total. The Bertz CT molecular complexity index is 1040. The summed E-state index contributed by atoms with van der Waals surface area (Å²) in [5, 5.41) is 19.1. The molecule has 3 rings (SSSR count). The summed E-state index contributed by atoms with van der Waals surface area (Å²) in [6, 6.07) is 15.3. The van der Waals surface area contributed by atoms with Crippen molar-refractivity contribution >= 4 is 15.9 Å². The highest BCUT2D eigenvalue weighted by atomic mass is 32.2. The number of aliphatic hydroxyl groups is 1. The maximum Gasteiger partial charge on any atom is 0.253 e. The standard InChI is InChI=1S/C21H23N3O4S/c1-23(2)21(26)17-10-6-15(7-11-17)14-4-8-16(9-5-14)20-18(12-22)24(19(20)13-25)29(3,27)28/h4-11,18-20,25H,13H2,1-3H3/t18-,19-,20-/m0/s1. The van der Waals surface area contributed by atoms with Crippen molar-refractivity contribution in [3.05, 3.63) is 59.7 Å². The molecule has 0 spiro atoms. The fraction of sp³-hybridized carbons (Fsp3) is 0.333. The molecule has 0 bridgehead atoms. The fourth-order valence-corrected chi connectivity index (χ4v) is 5.06. The summed E-state index contributed by atoms with van der Waals surface area (Å²) >= 11 is 0. The van der Waals surface area contributed by atoms with Crippen LogP contribution in [0.2, 0.25) is 0 Å². The van der Waals surface area contributed by atoms with Crippen LogP contribution >= 0.6 is 0 Å². The molecule has 0 aromatic heterocycles. The van der Waals surface area contributed by atoms with Crippen LogP contribution in [0.15, 0.2) is 48.5 Å². The lowest BCUT2D eigenvalue weighted by molar-refractivity contribution is 0.0564. The van der Waals surface area contributed by atoms with Gasteiger partial charge >= 0.3 is 0 Å². The second-order valence-electron chi connectivity index (χ2n) is 7.34. The van der Waals surface area contributed by atoms with Crippen molar-refractivity contribution in [3.8, 4) is 17.2 Å². The summed E-state index contributed by atoms with van der Waals surface area (Å²) in [6.45, 7) is -0.348. The first-order valence-electron chi connectivity index (χ1n) is 9.10. The quantitative estimate of drug-likeness (QED) is 0.803. The molecule has 0 aliphatic carbocycles. The molecule has 1 amide bonds. The van der Waals surface area contributed by atoms with E-state index in [9.17, 15) is 23.6 Å². The predicted octanol–water partition coefficient (Wildman–Crippen LogP) is 1.67. The molecular formula is C21H23N3O4S. The predicted molar refractivity (Wildman–Crippen MR) is 110 cm³/mol. The zero-order valence-electron chi connectivity index (χ0n) is 16.5. The van der Waals surface area contributed by atoms with Crippen molar-refractivity contribution in [2.45, 2.75) is 18.0 Å². The number of sulfonamides is 1. The number of rotatable bonds is 5. The first kappa shape index (κ1) is 21.0. The van der Waals surface area contributed by atoms with E-state index in [0.717, 1.165) is 27.3 Å². The summed E-state index contributed by atoms with van der Waals surface area (Å²) < 4.78 is 24.9. The molecule has 1 aliphatic rings. The van der Waals surface area contributed by atoms with E-state index in [1.54, 1.807) is 26.2 Å².